The average molecular weight is 138 g/mol. The van der Waals surface area contributed by atoms with Crippen LogP contribution in [0.5, 0.6) is 0 Å². The highest BCUT2D eigenvalue weighted by Crippen LogP contribution is 1.96. The van der Waals surface area contributed by atoms with E-state index < -0.39 is 18.9 Å². The van der Waals surface area contributed by atoms with E-state index >= 15 is 0 Å². The molecule has 0 radical (unpaired) electrons. The van der Waals surface area contributed by atoms with Crippen LogP contribution < -0.4 is 0 Å². The van der Waals surface area contributed by atoms with Gasteiger partial charge in [0.1, 0.15) is 18.9 Å². The molecule has 0 saturated heterocycles. The molecule has 0 aromatic heterocycles. The van der Waals surface area contributed by atoms with Crippen LogP contribution in [0.4, 0.5) is 4.39 Å². The molecule has 2 N–H and O–H groups in total. The van der Waals surface area contributed by atoms with E-state index in [1.807, 2.05) is 0 Å². The number of alkyl halides is 1. The quantitative estimate of drug-likeness (QED) is 0.541. The van der Waals surface area contributed by atoms with Crippen molar-refractivity contribution < 1.29 is 19.3 Å². The predicted molar refractivity (Wildman–Crippen MR) is 29.9 cm³/mol. The first-order chi connectivity index (χ1) is 4.26. The lowest BCUT2D eigenvalue weighted by Crippen LogP contribution is -2.32. The van der Waals surface area contributed by atoms with E-state index in [4.69, 9.17) is 10.2 Å². The highest BCUT2D eigenvalue weighted by atomic mass is 19.1. The number of ether oxygens (including phenoxy) is 1. The van der Waals surface area contributed by atoms with Gasteiger partial charge >= 0.3 is 0 Å². The highest BCUT2D eigenvalue weighted by molar-refractivity contribution is 4.65. The molecule has 0 rings (SSSR count). The van der Waals surface area contributed by atoms with Crippen LogP contribution in [0, 0.1) is 0 Å². The van der Waals surface area contributed by atoms with Crippen LogP contribution in [0.15, 0.2) is 0 Å². The standard InChI is InChI=1S/C5H11FO3/c1-9-5(3-7)4(8)2-6/h4-5,7-8H,2-3H2,1H3/t4-,5?/m1/s1. The lowest BCUT2D eigenvalue weighted by molar-refractivity contribution is -0.0490. The number of hydrogen-bond acceptors (Lipinski definition) is 3. The minimum Gasteiger partial charge on any atom is -0.394 e. The summed E-state index contributed by atoms with van der Waals surface area (Å²) >= 11 is 0. The van der Waals surface area contributed by atoms with Crippen molar-refractivity contribution in [1.29, 1.82) is 0 Å². The second-order valence-corrected chi connectivity index (χ2v) is 1.68. The largest absolute Gasteiger partial charge is 0.394 e. The molecule has 56 valence electrons. The zero-order chi connectivity index (χ0) is 7.28. The Hall–Kier alpha value is -0.190. The molecule has 2 atom stereocenters. The van der Waals surface area contributed by atoms with Crippen molar-refractivity contribution in [1.82, 2.24) is 0 Å². The average Bonchev–Trinajstić information content (AvgIpc) is 1.90. The summed E-state index contributed by atoms with van der Waals surface area (Å²) in [6.45, 7) is -1.25. The summed E-state index contributed by atoms with van der Waals surface area (Å²) in [5, 5.41) is 17.0. The van der Waals surface area contributed by atoms with Crippen LogP contribution in [0.3, 0.4) is 0 Å². The number of aliphatic hydroxyl groups excluding tert-OH is 2. The molecule has 0 spiro atoms. The molecular formula is C5H11FO3. The zero-order valence-corrected chi connectivity index (χ0v) is 5.25. The first-order valence-corrected chi connectivity index (χ1v) is 2.64. The number of hydrogen-bond donors (Lipinski definition) is 2. The SMILES string of the molecule is COC(CO)[C@H](O)CF. The summed E-state index contributed by atoms with van der Waals surface area (Å²) in [4.78, 5) is 0. The smallest absolute Gasteiger partial charge is 0.118 e. The van der Waals surface area contributed by atoms with Crippen molar-refractivity contribution in [2.75, 3.05) is 20.4 Å². The maximum absolute atomic E-state index is 11.6. The maximum atomic E-state index is 11.6. The van der Waals surface area contributed by atoms with Gasteiger partial charge in [-0.3, -0.25) is 0 Å². The monoisotopic (exact) mass is 138 g/mol. The van der Waals surface area contributed by atoms with Crippen LogP contribution in [-0.2, 0) is 4.74 Å². The zero-order valence-electron chi connectivity index (χ0n) is 5.25. The van der Waals surface area contributed by atoms with Gasteiger partial charge < -0.3 is 14.9 Å². The van der Waals surface area contributed by atoms with Crippen molar-refractivity contribution in [3.63, 3.8) is 0 Å². The van der Waals surface area contributed by atoms with Crippen LogP contribution in [0.1, 0.15) is 0 Å². The molecule has 4 heteroatoms. The van der Waals surface area contributed by atoms with Gasteiger partial charge in [-0.25, -0.2) is 4.39 Å². The van der Waals surface area contributed by atoms with Crippen LogP contribution >= 0.6 is 0 Å². The van der Waals surface area contributed by atoms with Crippen LogP contribution in [0.25, 0.3) is 0 Å². The summed E-state index contributed by atoms with van der Waals surface area (Å²) in [5.74, 6) is 0. The molecule has 0 heterocycles. The van der Waals surface area contributed by atoms with Crippen LogP contribution in [-0.4, -0.2) is 42.8 Å². The third-order valence-corrected chi connectivity index (χ3v) is 1.07. The fourth-order valence-electron chi connectivity index (χ4n) is 0.453. The lowest BCUT2D eigenvalue weighted by atomic mass is 10.2. The Bertz CT molecular complexity index is 65.2. The molecule has 0 amide bonds. The van der Waals surface area contributed by atoms with E-state index in [2.05, 4.69) is 4.74 Å². The first-order valence-electron chi connectivity index (χ1n) is 2.64. The van der Waals surface area contributed by atoms with Crippen molar-refractivity contribution >= 4 is 0 Å². The van der Waals surface area contributed by atoms with Gasteiger partial charge in [0.15, 0.2) is 0 Å². The van der Waals surface area contributed by atoms with E-state index in [-0.39, 0.29) is 6.61 Å². The summed E-state index contributed by atoms with van der Waals surface area (Å²) in [6.07, 6.45) is -2.00. The van der Waals surface area contributed by atoms with Gasteiger partial charge in [0, 0.05) is 7.11 Å². The fraction of sp³-hybridized carbons (Fsp3) is 1.00. The molecule has 0 aliphatic rings. The van der Waals surface area contributed by atoms with E-state index in [1.165, 1.54) is 7.11 Å². The van der Waals surface area contributed by atoms with E-state index in [1.54, 1.807) is 0 Å². The number of rotatable bonds is 4. The summed E-state index contributed by atoms with van der Waals surface area (Å²) in [5.41, 5.74) is 0. The molecule has 1 unspecified atom stereocenters. The molecule has 0 aliphatic carbocycles. The third kappa shape index (κ3) is 2.74. The number of aliphatic hydroxyl groups is 2. The van der Waals surface area contributed by atoms with Gasteiger partial charge in [0.05, 0.1) is 6.61 Å². The van der Waals surface area contributed by atoms with Crippen molar-refractivity contribution in [3.8, 4) is 0 Å². The van der Waals surface area contributed by atoms with Crippen LogP contribution in [0.2, 0.25) is 0 Å². The highest BCUT2D eigenvalue weighted by Gasteiger charge is 2.16. The molecule has 3 nitrogen and oxygen atoms in total. The molecule has 0 saturated carbocycles. The summed E-state index contributed by atoms with van der Waals surface area (Å²) in [6, 6.07) is 0. The molecule has 0 bridgehead atoms. The second-order valence-electron chi connectivity index (χ2n) is 1.68. The second kappa shape index (κ2) is 4.67. The number of methoxy groups -OCH3 is 1. The van der Waals surface area contributed by atoms with Gasteiger partial charge in [-0.05, 0) is 0 Å². The molecular weight excluding hydrogens is 127 g/mol. The van der Waals surface area contributed by atoms with E-state index in [0.29, 0.717) is 0 Å². The maximum Gasteiger partial charge on any atom is 0.118 e. The molecule has 9 heavy (non-hydrogen) atoms. The summed E-state index contributed by atoms with van der Waals surface area (Å²) in [7, 11) is 1.31. The fourth-order valence-corrected chi connectivity index (χ4v) is 0.453. The Morgan fingerprint density at radius 1 is 1.67 bits per heavy atom. The Morgan fingerprint density at radius 2 is 2.22 bits per heavy atom. The molecule has 0 aliphatic heterocycles. The lowest BCUT2D eigenvalue weighted by Gasteiger charge is -2.15. The first kappa shape index (κ1) is 8.81. The van der Waals surface area contributed by atoms with Gasteiger partial charge in [-0.1, -0.05) is 0 Å². The van der Waals surface area contributed by atoms with E-state index in [9.17, 15) is 4.39 Å². The Kier molecular flexibility index (Phi) is 4.57. The Morgan fingerprint density at radius 3 is 2.33 bits per heavy atom. The van der Waals surface area contributed by atoms with Gasteiger partial charge in [-0.15, -0.1) is 0 Å². The van der Waals surface area contributed by atoms with Gasteiger partial charge in [0.2, 0.25) is 0 Å². The predicted octanol–water partition coefficient (Wildman–Crippen LogP) is -0.676. The summed E-state index contributed by atoms with van der Waals surface area (Å²) < 4.78 is 16.1. The van der Waals surface area contributed by atoms with Gasteiger partial charge in [0.25, 0.3) is 0 Å². The van der Waals surface area contributed by atoms with Crippen molar-refractivity contribution in [2.45, 2.75) is 12.2 Å². The van der Waals surface area contributed by atoms with E-state index in [0.717, 1.165) is 0 Å². The van der Waals surface area contributed by atoms with Crippen molar-refractivity contribution in [2.24, 2.45) is 0 Å². The Labute approximate surface area is 53.1 Å². The normalized spacial score (nSPS) is 17.3. The van der Waals surface area contributed by atoms with Gasteiger partial charge in [-0.2, -0.15) is 0 Å². The number of halogens is 1. The molecule has 0 aromatic rings. The topological polar surface area (TPSA) is 49.7 Å². The molecule has 0 fully saturated rings. The third-order valence-electron chi connectivity index (χ3n) is 1.07. The Balaban J connectivity index is 3.50. The minimum atomic E-state index is -1.21. The van der Waals surface area contributed by atoms with Crippen molar-refractivity contribution in [3.05, 3.63) is 0 Å². The molecule has 0 aromatic carbocycles. The minimum absolute atomic E-state index is 0.360.